The predicted octanol–water partition coefficient (Wildman–Crippen LogP) is 4.67. The van der Waals surface area contributed by atoms with E-state index in [1.165, 1.54) is 19.3 Å². The molecule has 0 atom stereocenters. The first-order chi connectivity index (χ1) is 12.9. The number of hydrogen-bond acceptors (Lipinski definition) is 3. The van der Waals surface area contributed by atoms with Gasteiger partial charge in [-0.05, 0) is 87.3 Å². The quantitative estimate of drug-likeness (QED) is 0.437. The lowest BCUT2D eigenvalue weighted by Gasteiger charge is -2.55. The molecule has 146 valence electrons. The summed E-state index contributed by atoms with van der Waals surface area (Å²) < 4.78 is 5.35. The second kappa shape index (κ2) is 7.46. The third-order valence-electron chi connectivity index (χ3n) is 6.67. The van der Waals surface area contributed by atoms with Gasteiger partial charge in [0.15, 0.2) is 0 Å². The SMILES string of the molecule is Cc1ccc(Cl)c(OC(=O)CCCNC(=O)C23CC4CC(CC(C4)C2)C3)c1. The van der Waals surface area contributed by atoms with Crippen LogP contribution in [0.2, 0.25) is 5.02 Å². The van der Waals surface area contributed by atoms with Gasteiger partial charge in [0, 0.05) is 18.4 Å². The van der Waals surface area contributed by atoms with Gasteiger partial charge in [0.05, 0.1) is 5.02 Å². The molecular weight excluding hydrogens is 362 g/mol. The Bertz CT molecular complexity index is 710. The first-order valence-electron chi connectivity index (χ1n) is 10.2. The summed E-state index contributed by atoms with van der Waals surface area (Å²) in [4.78, 5) is 24.9. The van der Waals surface area contributed by atoms with E-state index in [0.29, 0.717) is 23.7 Å². The van der Waals surface area contributed by atoms with Gasteiger partial charge in [0.2, 0.25) is 5.91 Å². The molecule has 4 aliphatic rings. The number of carbonyl (C=O) groups is 2. The fourth-order valence-corrected chi connectivity index (χ4v) is 6.03. The first-order valence-corrected chi connectivity index (χ1v) is 10.6. The maximum Gasteiger partial charge on any atom is 0.311 e. The van der Waals surface area contributed by atoms with Gasteiger partial charge in [0.1, 0.15) is 5.75 Å². The summed E-state index contributed by atoms with van der Waals surface area (Å²) in [5, 5.41) is 3.54. The van der Waals surface area contributed by atoms with Crippen LogP contribution in [0.3, 0.4) is 0 Å². The Balaban J connectivity index is 1.23. The fraction of sp³-hybridized carbons (Fsp3) is 0.636. The third-order valence-corrected chi connectivity index (χ3v) is 6.99. The molecule has 5 heteroatoms. The molecule has 4 nitrogen and oxygen atoms in total. The number of carbonyl (C=O) groups excluding carboxylic acids is 2. The van der Waals surface area contributed by atoms with Crippen molar-refractivity contribution in [3.63, 3.8) is 0 Å². The highest BCUT2D eigenvalue weighted by molar-refractivity contribution is 6.32. The average molecular weight is 390 g/mol. The molecule has 4 fully saturated rings. The minimum absolute atomic E-state index is 0.121. The van der Waals surface area contributed by atoms with Crippen LogP contribution in [0.25, 0.3) is 0 Å². The normalized spacial score (nSPS) is 31.0. The van der Waals surface area contributed by atoms with E-state index in [1.807, 2.05) is 13.0 Å². The lowest BCUT2D eigenvalue weighted by molar-refractivity contribution is -0.146. The minimum Gasteiger partial charge on any atom is -0.425 e. The zero-order chi connectivity index (χ0) is 19.0. The lowest BCUT2D eigenvalue weighted by atomic mass is 9.49. The number of rotatable bonds is 6. The van der Waals surface area contributed by atoms with Crippen LogP contribution in [0.5, 0.6) is 5.75 Å². The monoisotopic (exact) mass is 389 g/mol. The molecule has 0 unspecified atom stereocenters. The highest BCUT2D eigenvalue weighted by Crippen LogP contribution is 2.60. The Hall–Kier alpha value is -1.55. The highest BCUT2D eigenvalue weighted by Gasteiger charge is 2.54. The van der Waals surface area contributed by atoms with Crippen molar-refractivity contribution in [2.24, 2.45) is 23.2 Å². The Kier molecular flexibility index (Phi) is 5.19. The number of amides is 1. The molecule has 0 spiro atoms. The van der Waals surface area contributed by atoms with Crippen LogP contribution in [0, 0.1) is 30.1 Å². The smallest absolute Gasteiger partial charge is 0.311 e. The summed E-state index contributed by atoms with van der Waals surface area (Å²) >= 11 is 6.06. The van der Waals surface area contributed by atoms with Crippen LogP contribution in [-0.2, 0) is 9.59 Å². The molecule has 1 amide bonds. The van der Waals surface area contributed by atoms with Crippen molar-refractivity contribution in [2.45, 2.75) is 58.3 Å². The molecule has 5 rings (SSSR count). The van der Waals surface area contributed by atoms with Crippen LogP contribution in [-0.4, -0.2) is 18.4 Å². The zero-order valence-electron chi connectivity index (χ0n) is 15.9. The second-order valence-electron chi connectivity index (χ2n) is 8.97. The van der Waals surface area contributed by atoms with Gasteiger partial charge < -0.3 is 10.1 Å². The van der Waals surface area contributed by atoms with Crippen LogP contribution in [0.15, 0.2) is 18.2 Å². The Morgan fingerprint density at radius 1 is 1.15 bits per heavy atom. The summed E-state index contributed by atoms with van der Waals surface area (Å²) in [6, 6.07) is 5.36. The van der Waals surface area contributed by atoms with E-state index in [1.54, 1.807) is 12.1 Å². The number of aryl methyl sites for hydroxylation is 1. The molecule has 0 heterocycles. The molecular formula is C22H28ClNO3. The van der Waals surface area contributed by atoms with Crippen molar-refractivity contribution in [1.29, 1.82) is 0 Å². The summed E-state index contributed by atoms with van der Waals surface area (Å²) in [7, 11) is 0. The maximum absolute atomic E-state index is 12.9. The lowest BCUT2D eigenvalue weighted by Crippen LogP contribution is -2.53. The van der Waals surface area contributed by atoms with Gasteiger partial charge in [-0.1, -0.05) is 17.7 Å². The third kappa shape index (κ3) is 4.01. The number of esters is 1. The number of benzene rings is 1. The molecule has 1 aromatic rings. The fourth-order valence-electron chi connectivity index (χ4n) is 5.87. The predicted molar refractivity (Wildman–Crippen MR) is 105 cm³/mol. The maximum atomic E-state index is 12.9. The summed E-state index contributed by atoms with van der Waals surface area (Å²) in [5.74, 6) is 2.59. The van der Waals surface area contributed by atoms with Crippen molar-refractivity contribution in [3.8, 4) is 5.75 Å². The van der Waals surface area contributed by atoms with E-state index in [0.717, 1.165) is 42.6 Å². The molecule has 27 heavy (non-hydrogen) atoms. The Morgan fingerprint density at radius 2 is 1.78 bits per heavy atom. The Labute approximate surface area is 166 Å². The zero-order valence-corrected chi connectivity index (χ0v) is 16.7. The van der Waals surface area contributed by atoms with Gasteiger partial charge in [-0.2, -0.15) is 0 Å². The van der Waals surface area contributed by atoms with E-state index in [-0.39, 0.29) is 23.7 Å². The van der Waals surface area contributed by atoms with Gasteiger partial charge >= 0.3 is 5.97 Å². The van der Waals surface area contributed by atoms with Crippen molar-refractivity contribution < 1.29 is 14.3 Å². The molecule has 4 saturated carbocycles. The topological polar surface area (TPSA) is 55.4 Å². The summed E-state index contributed by atoms with van der Waals surface area (Å²) in [6.07, 6.45) is 8.06. The molecule has 0 aromatic heterocycles. The molecule has 0 radical (unpaired) electrons. The van der Waals surface area contributed by atoms with E-state index >= 15 is 0 Å². The van der Waals surface area contributed by atoms with Crippen molar-refractivity contribution in [3.05, 3.63) is 28.8 Å². The van der Waals surface area contributed by atoms with Gasteiger partial charge in [-0.15, -0.1) is 0 Å². The van der Waals surface area contributed by atoms with E-state index in [2.05, 4.69) is 5.32 Å². The summed E-state index contributed by atoms with van der Waals surface area (Å²) in [5.41, 5.74) is 0.870. The molecule has 4 bridgehead atoms. The molecule has 0 saturated heterocycles. The van der Waals surface area contributed by atoms with Crippen molar-refractivity contribution in [2.75, 3.05) is 6.54 Å². The largest absolute Gasteiger partial charge is 0.425 e. The Morgan fingerprint density at radius 3 is 2.41 bits per heavy atom. The van der Waals surface area contributed by atoms with Gasteiger partial charge in [0.25, 0.3) is 0 Å². The van der Waals surface area contributed by atoms with Crippen molar-refractivity contribution in [1.82, 2.24) is 5.32 Å². The van der Waals surface area contributed by atoms with Crippen LogP contribution >= 0.6 is 11.6 Å². The number of ether oxygens (including phenoxy) is 1. The number of nitrogens with one attached hydrogen (secondary N) is 1. The van der Waals surface area contributed by atoms with Gasteiger partial charge in [-0.25, -0.2) is 0 Å². The molecule has 1 aromatic carbocycles. The minimum atomic E-state index is -0.313. The van der Waals surface area contributed by atoms with Crippen LogP contribution in [0.1, 0.15) is 56.9 Å². The summed E-state index contributed by atoms with van der Waals surface area (Å²) in [6.45, 7) is 2.45. The molecule has 1 N–H and O–H groups in total. The second-order valence-corrected chi connectivity index (χ2v) is 9.37. The highest BCUT2D eigenvalue weighted by atomic mass is 35.5. The first kappa shape index (κ1) is 18.8. The molecule has 0 aliphatic heterocycles. The van der Waals surface area contributed by atoms with Crippen LogP contribution in [0.4, 0.5) is 0 Å². The van der Waals surface area contributed by atoms with Crippen molar-refractivity contribution >= 4 is 23.5 Å². The average Bonchev–Trinajstić information content (AvgIpc) is 2.60. The van der Waals surface area contributed by atoms with E-state index in [4.69, 9.17) is 16.3 Å². The number of halogens is 1. The van der Waals surface area contributed by atoms with E-state index in [9.17, 15) is 9.59 Å². The standard InChI is InChI=1S/C22H28ClNO3/c1-14-4-5-18(23)19(7-14)27-20(25)3-2-6-24-21(26)22-11-15-8-16(12-22)10-17(9-15)13-22/h4-5,7,15-17H,2-3,6,8-13H2,1H3,(H,24,26). The number of hydrogen-bond donors (Lipinski definition) is 1. The van der Waals surface area contributed by atoms with Gasteiger partial charge in [-0.3, -0.25) is 9.59 Å². The van der Waals surface area contributed by atoms with E-state index < -0.39 is 0 Å². The van der Waals surface area contributed by atoms with Crippen LogP contribution < -0.4 is 10.1 Å². The molecule has 4 aliphatic carbocycles.